The Bertz CT molecular complexity index is 790. The molecule has 1 aromatic heterocycles. The first-order valence-electron chi connectivity index (χ1n) is 10.0. The highest BCUT2D eigenvalue weighted by Crippen LogP contribution is 2.33. The highest BCUT2D eigenvalue weighted by atomic mass is 16.5. The van der Waals surface area contributed by atoms with Gasteiger partial charge in [0, 0.05) is 31.6 Å². The third-order valence-corrected chi connectivity index (χ3v) is 5.79. The second kappa shape index (κ2) is 8.19. The number of benzene rings is 1. The van der Waals surface area contributed by atoms with E-state index in [0.29, 0.717) is 0 Å². The Hall–Kier alpha value is -2.60. The average molecular weight is 380 g/mol. The summed E-state index contributed by atoms with van der Waals surface area (Å²) < 4.78 is 5.38. The first-order valence-corrected chi connectivity index (χ1v) is 10.0. The van der Waals surface area contributed by atoms with Crippen molar-refractivity contribution in [2.75, 3.05) is 49.6 Å². The molecule has 0 aliphatic carbocycles. The number of aromatic nitrogens is 1. The quantitative estimate of drug-likeness (QED) is 0.885. The molecule has 1 aromatic carbocycles. The van der Waals surface area contributed by atoms with Crippen LogP contribution in [0.4, 0.5) is 16.3 Å². The molecule has 1 atom stereocenters. The molecule has 2 aliphatic rings. The van der Waals surface area contributed by atoms with Crippen LogP contribution in [-0.2, 0) is 10.2 Å². The van der Waals surface area contributed by atoms with Crippen molar-refractivity contribution in [2.24, 2.45) is 0 Å². The van der Waals surface area contributed by atoms with E-state index in [1.165, 1.54) is 5.56 Å². The SMILES string of the molecule is CC1(c2ccccc2)CCCN(C(=O)Nc2ccc(N3CCOCC3)nc2)C1. The second-order valence-corrected chi connectivity index (χ2v) is 7.89. The molecular formula is C22H28N4O2. The van der Waals surface area contributed by atoms with Crippen molar-refractivity contribution in [1.82, 2.24) is 9.88 Å². The van der Waals surface area contributed by atoms with E-state index in [0.717, 1.165) is 63.7 Å². The molecule has 0 saturated carbocycles. The molecule has 0 spiro atoms. The zero-order chi connectivity index (χ0) is 19.4. The van der Waals surface area contributed by atoms with Crippen molar-refractivity contribution in [1.29, 1.82) is 0 Å². The summed E-state index contributed by atoms with van der Waals surface area (Å²) in [7, 11) is 0. The van der Waals surface area contributed by atoms with Gasteiger partial charge >= 0.3 is 6.03 Å². The maximum absolute atomic E-state index is 12.8. The topological polar surface area (TPSA) is 57.7 Å². The Balaban J connectivity index is 1.39. The van der Waals surface area contributed by atoms with Gasteiger partial charge in [0.25, 0.3) is 0 Å². The summed E-state index contributed by atoms with van der Waals surface area (Å²) in [6, 6.07) is 14.3. The molecule has 2 fully saturated rings. The molecule has 2 amide bonds. The smallest absolute Gasteiger partial charge is 0.321 e. The predicted octanol–water partition coefficient (Wildman–Crippen LogP) is 3.50. The molecule has 2 saturated heterocycles. The number of pyridine rings is 1. The van der Waals surface area contributed by atoms with Gasteiger partial charge in [-0.3, -0.25) is 0 Å². The van der Waals surface area contributed by atoms with Crippen LogP contribution in [0.1, 0.15) is 25.3 Å². The zero-order valence-corrected chi connectivity index (χ0v) is 16.4. The van der Waals surface area contributed by atoms with E-state index in [4.69, 9.17) is 4.74 Å². The first-order chi connectivity index (χ1) is 13.6. The number of nitrogens with one attached hydrogen (secondary N) is 1. The molecule has 1 N–H and O–H groups in total. The minimum atomic E-state index is -0.0530. The van der Waals surface area contributed by atoms with Crippen molar-refractivity contribution in [3.05, 3.63) is 54.2 Å². The number of carbonyl (C=O) groups is 1. The fourth-order valence-corrected chi connectivity index (χ4v) is 4.13. The molecule has 3 heterocycles. The van der Waals surface area contributed by atoms with Crippen LogP contribution in [0.15, 0.2) is 48.7 Å². The number of hydrogen-bond acceptors (Lipinski definition) is 4. The van der Waals surface area contributed by atoms with Gasteiger partial charge in [0.1, 0.15) is 5.82 Å². The van der Waals surface area contributed by atoms with Gasteiger partial charge in [-0.25, -0.2) is 9.78 Å². The lowest BCUT2D eigenvalue weighted by Crippen LogP contribution is -2.48. The summed E-state index contributed by atoms with van der Waals surface area (Å²) in [5.41, 5.74) is 2.02. The van der Waals surface area contributed by atoms with Gasteiger partial charge in [-0.15, -0.1) is 0 Å². The van der Waals surface area contributed by atoms with E-state index >= 15 is 0 Å². The molecule has 148 valence electrons. The maximum Gasteiger partial charge on any atom is 0.321 e. The lowest BCUT2D eigenvalue weighted by atomic mass is 9.76. The van der Waals surface area contributed by atoms with Crippen LogP contribution < -0.4 is 10.2 Å². The van der Waals surface area contributed by atoms with Gasteiger partial charge in [-0.2, -0.15) is 0 Å². The van der Waals surface area contributed by atoms with Crippen LogP contribution in [0, 0.1) is 0 Å². The van der Waals surface area contributed by atoms with Crippen molar-refractivity contribution in [2.45, 2.75) is 25.2 Å². The predicted molar refractivity (Wildman–Crippen MR) is 111 cm³/mol. The summed E-state index contributed by atoms with van der Waals surface area (Å²) in [6.45, 7) is 6.93. The molecule has 4 rings (SSSR count). The van der Waals surface area contributed by atoms with Crippen LogP contribution in [0.2, 0.25) is 0 Å². The van der Waals surface area contributed by atoms with E-state index < -0.39 is 0 Å². The Morgan fingerprint density at radius 1 is 1.11 bits per heavy atom. The first kappa shape index (κ1) is 18.7. The molecule has 28 heavy (non-hydrogen) atoms. The summed E-state index contributed by atoms with van der Waals surface area (Å²) in [6.07, 6.45) is 3.84. The third-order valence-electron chi connectivity index (χ3n) is 5.79. The molecule has 2 aromatic rings. The van der Waals surface area contributed by atoms with Gasteiger partial charge in [0.2, 0.25) is 0 Å². The normalized spacial score (nSPS) is 22.8. The number of likely N-dealkylation sites (tertiary alicyclic amines) is 1. The Labute approximate surface area is 166 Å². The highest BCUT2D eigenvalue weighted by Gasteiger charge is 2.34. The Kier molecular flexibility index (Phi) is 5.48. The molecule has 2 aliphatic heterocycles. The van der Waals surface area contributed by atoms with Gasteiger partial charge in [0.15, 0.2) is 0 Å². The number of morpholine rings is 1. The second-order valence-electron chi connectivity index (χ2n) is 7.89. The third kappa shape index (κ3) is 4.12. The van der Waals surface area contributed by atoms with Gasteiger partial charge < -0.3 is 19.9 Å². The molecule has 0 radical (unpaired) electrons. The van der Waals surface area contributed by atoms with Crippen LogP contribution in [0.25, 0.3) is 0 Å². The fourth-order valence-electron chi connectivity index (χ4n) is 4.13. The van der Waals surface area contributed by atoms with E-state index in [9.17, 15) is 4.79 Å². The average Bonchev–Trinajstić information content (AvgIpc) is 2.75. The van der Waals surface area contributed by atoms with Crippen molar-refractivity contribution in [3.8, 4) is 0 Å². The van der Waals surface area contributed by atoms with E-state index in [-0.39, 0.29) is 11.4 Å². The summed E-state index contributed by atoms with van der Waals surface area (Å²) in [5.74, 6) is 0.927. The summed E-state index contributed by atoms with van der Waals surface area (Å²) in [4.78, 5) is 21.5. The largest absolute Gasteiger partial charge is 0.378 e. The fraction of sp³-hybridized carbons (Fsp3) is 0.455. The highest BCUT2D eigenvalue weighted by molar-refractivity contribution is 5.89. The van der Waals surface area contributed by atoms with Gasteiger partial charge in [0.05, 0.1) is 25.1 Å². The molecule has 1 unspecified atom stereocenters. The van der Waals surface area contributed by atoms with Crippen LogP contribution in [-0.4, -0.2) is 55.3 Å². The number of anilines is 2. The Morgan fingerprint density at radius 2 is 1.89 bits per heavy atom. The summed E-state index contributed by atoms with van der Waals surface area (Å²) >= 11 is 0. The van der Waals surface area contributed by atoms with E-state index in [1.54, 1.807) is 6.20 Å². The number of carbonyl (C=O) groups excluding carboxylic acids is 1. The molecular weight excluding hydrogens is 352 g/mol. The number of urea groups is 1. The van der Waals surface area contributed by atoms with Crippen molar-refractivity contribution < 1.29 is 9.53 Å². The van der Waals surface area contributed by atoms with Crippen LogP contribution >= 0.6 is 0 Å². The number of rotatable bonds is 3. The number of amides is 2. The minimum Gasteiger partial charge on any atom is -0.378 e. The van der Waals surface area contributed by atoms with Crippen molar-refractivity contribution >= 4 is 17.5 Å². The van der Waals surface area contributed by atoms with Gasteiger partial charge in [-0.05, 0) is 30.5 Å². The maximum atomic E-state index is 12.8. The standard InChI is InChI=1S/C22H28N4O2/c1-22(18-6-3-2-4-7-18)10-5-11-26(17-22)21(27)24-19-8-9-20(23-16-19)25-12-14-28-15-13-25/h2-4,6-9,16H,5,10-15,17H2,1H3,(H,24,27). The summed E-state index contributed by atoms with van der Waals surface area (Å²) in [5, 5.41) is 3.01. The Morgan fingerprint density at radius 3 is 2.61 bits per heavy atom. The van der Waals surface area contributed by atoms with E-state index in [1.807, 2.05) is 23.1 Å². The number of hydrogen-bond donors (Lipinski definition) is 1. The number of ether oxygens (including phenoxy) is 1. The minimum absolute atomic E-state index is 0.00467. The lowest BCUT2D eigenvalue weighted by Gasteiger charge is -2.40. The monoisotopic (exact) mass is 380 g/mol. The molecule has 0 bridgehead atoms. The number of nitrogens with zero attached hydrogens (tertiary/aromatic N) is 3. The van der Waals surface area contributed by atoms with Crippen LogP contribution in [0.3, 0.4) is 0 Å². The molecule has 6 nitrogen and oxygen atoms in total. The van der Waals surface area contributed by atoms with Crippen LogP contribution in [0.5, 0.6) is 0 Å². The molecule has 6 heteroatoms. The van der Waals surface area contributed by atoms with E-state index in [2.05, 4.69) is 46.4 Å². The lowest BCUT2D eigenvalue weighted by molar-refractivity contribution is 0.122. The number of piperidine rings is 1. The van der Waals surface area contributed by atoms with Crippen molar-refractivity contribution in [3.63, 3.8) is 0 Å². The van der Waals surface area contributed by atoms with Gasteiger partial charge in [-0.1, -0.05) is 37.3 Å². The zero-order valence-electron chi connectivity index (χ0n) is 16.4.